The summed E-state index contributed by atoms with van der Waals surface area (Å²) in [5.41, 5.74) is 0.380. The Bertz CT molecular complexity index is 265. The summed E-state index contributed by atoms with van der Waals surface area (Å²) in [4.78, 5) is 2.24. The van der Waals surface area contributed by atoms with Gasteiger partial charge in [-0.05, 0) is 31.4 Å². The van der Waals surface area contributed by atoms with Gasteiger partial charge in [0.05, 0.1) is 5.60 Å². The highest BCUT2D eigenvalue weighted by atomic mass is 32.1. The van der Waals surface area contributed by atoms with Crippen LogP contribution >= 0.6 is 11.5 Å². The second-order valence-electron chi connectivity index (χ2n) is 3.75. The van der Waals surface area contributed by atoms with Gasteiger partial charge in [-0.3, -0.25) is 0 Å². The number of hydrogen-bond donors (Lipinski definition) is 1. The van der Waals surface area contributed by atoms with E-state index in [1.807, 2.05) is 5.38 Å². The Balaban J connectivity index is 2.13. The lowest BCUT2D eigenvalue weighted by atomic mass is 9.87. The first-order valence-corrected chi connectivity index (χ1v) is 5.35. The highest BCUT2D eigenvalue weighted by Gasteiger charge is 2.33. The van der Waals surface area contributed by atoms with Crippen LogP contribution in [-0.4, -0.2) is 34.5 Å². The van der Waals surface area contributed by atoms with Crippen LogP contribution in [0.15, 0.2) is 11.6 Å². The average molecular weight is 198 g/mol. The van der Waals surface area contributed by atoms with Gasteiger partial charge >= 0.3 is 0 Å². The molecule has 1 aromatic rings. The van der Waals surface area contributed by atoms with Crippen molar-refractivity contribution in [1.29, 1.82) is 0 Å². The Morgan fingerprint density at radius 3 is 2.77 bits per heavy atom. The topological polar surface area (TPSA) is 36.4 Å². The number of nitrogens with zero attached hydrogens (tertiary/aromatic N) is 2. The predicted octanol–water partition coefficient (Wildman–Crippen LogP) is 1.06. The maximum atomic E-state index is 10.3. The smallest absolute Gasteiger partial charge is 0.0944 e. The van der Waals surface area contributed by atoms with E-state index in [0.717, 1.165) is 31.5 Å². The van der Waals surface area contributed by atoms with Crippen molar-refractivity contribution in [3.8, 4) is 0 Å². The maximum Gasteiger partial charge on any atom is 0.0944 e. The van der Waals surface area contributed by atoms with Crippen LogP contribution in [-0.2, 0) is 5.60 Å². The fourth-order valence-electron chi connectivity index (χ4n) is 1.71. The molecular weight excluding hydrogens is 184 g/mol. The molecule has 4 heteroatoms. The van der Waals surface area contributed by atoms with Gasteiger partial charge in [0.25, 0.3) is 0 Å². The molecule has 72 valence electrons. The van der Waals surface area contributed by atoms with Crippen LogP contribution < -0.4 is 0 Å². The Morgan fingerprint density at radius 1 is 1.54 bits per heavy atom. The second kappa shape index (κ2) is 3.36. The molecule has 0 spiro atoms. The van der Waals surface area contributed by atoms with Crippen molar-refractivity contribution < 1.29 is 5.11 Å². The van der Waals surface area contributed by atoms with Crippen molar-refractivity contribution in [2.75, 3.05) is 20.1 Å². The van der Waals surface area contributed by atoms with E-state index in [-0.39, 0.29) is 0 Å². The molecule has 0 bridgehead atoms. The van der Waals surface area contributed by atoms with Crippen molar-refractivity contribution in [3.05, 3.63) is 17.1 Å². The summed E-state index contributed by atoms with van der Waals surface area (Å²) in [7, 11) is 2.09. The third-order valence-corrected chi connectivity index (χ3v) is 3.37. The van der Waals surface area contributed by atoms with E-state index in [2.05, 4.69) is 16.3 Å². The molecule has 3 nitrogen and oxygen atoms in total. The zero-order chi connectivity index (χ0) is 9.31. The Kier molecular flexibility index (Phi) is 2.36. The molecule has 0 atom stereocenters. The number of aliphatic hydroxyl groups is 1. The predicted molar refractivity (Wildman–Crippen MR) is 52.7 cm³/mol. The monoisotopic (exact) mass is 198 g/mol. The van der Waals surface area contributed by atoms with Crippen LogP contribution in [0.4, 0.5) is 0 Å². The Labute approximate surface area is 82.2 Å². The molecule has 2 rings (SSSR count). The van der Waals surface area contributed by atoms with Crippen molar-refractivity contribution in [2.45, 2.75) is 18.4 Å². The van der Waals surface area contributed by atoms with E-state index in [9.17, 15) is 5.11 Å². The maximum absolute atomic E-state index is 10.3. The van der Waals surface area contributed by atoms with E-state index >= 15 is 0 Å². The standard InChI is InChI=1S/C9H14N2OS/c1-11-4-2-9(12,3-5-11)8-6-10-13-7-8/h6-7,12H,2-5H2,1H3. The zero-order valence-corrected chi connectivity index (χ0v) is 8.55. The van der Waals surface area contributed by atoms with Gasteiger partial charge in [0.1, 0.15) is 0 Å². The second-order valence-corrected chi connectivity index (χ2v) is 4.41. The molecule has 0 aliphatic carbocycles. The summed E-state index contributed by atoms with van der Waals surface area (Å²) in [5.74, 6) is 0. The first-order valence-electron chi connectivity index (χ1n) is 4.51. The molecule has 13 heavy (non-hydrogen) atoms. The lowest BCUT2D eigenvalue weighted by Crippen LogP contribution is -2.40. The lowest BCUT2D eigenvalue weighted by molar-refractivity contribution is -0.0201. The van der Waals surface area contributed by atoms with E-state index in [4.69, 9.17) is 0 Å². The number of piperidine rings is 1. The van der Waals surface area contributed by atoms with Crippen LogP contribution in [0.1, 0.15) is 18.4 Å². The number of rotatable bonds is 1. The lowest BCUT2D eigenvalue weighted by Gasteiger charge is -2.35. The highest BCUT2D eigenvalue weighted by Crippen LogP contribution is 2.32. The molecule has 2 heterocycles. The molecule has 0 amide bonds. The molecule has 0 aromatic carbocycles. The minimum atomic E-state index is -0.612. The summed E-state index contributed by atoms with van der Waals surface area (Å²) in [6.07, 6.45) is 3.43. The van der Waals surface area contributed by atoms with Gasteiger partial charge in [-0.2, -0.15) is 0 Å². The molecule has 1 saturated heterocycles. The quantitative estimate of drug-likeness (QED) is 0.733. The van der Waals surface area contributed by atoms with Crippen LogP contribution in [0.2, 0.25) is 0 Å². The molecule has 1 aliphatic rings. The number of aromatic nitrogens is 1. The van der Waals surface area contributed by atoms with Gasteiger partial charge in [-0.15, -0.1) is 0 Å². The van der Waals surface area contributed by atoms with Gasteiger partial charge in [0, 0.05) is 30.2 Å². The van der Waals surface area contributed by atoms with E-state index in [1.54, 1.807) is 6.20 Å². The summed E-state index contributed by atoms with van der Waals surface area (Å²) in [6, 6.07) is 0. The van der Waals surface area contributed by atoms with Crippen molar-refractivity contribution in [3.63, 3.8) is 0 Å². The molecule has 1 fully saturated rings. The summed E-state index contributed by atoms with van der Waals surface area (Å²) >= 11 is 1.41. The van der Waals surface area contributed by atoms with Gasteiger partial charge in [-0.1, -0.05) is 0 Å². The van der Waals surface area contributed by atoms with Gasteiger partial charge in [-0.25, -0.2) is 4.37 Å². The average Bonchev–Trinajstić information content (AvgIpc) is 2.63. The van der Waals surface area contributed by atoms with E-state index in [1.165, 1.54) is 11.5 Å². The van der Waals surface area contributed by atoms with Crippen LogP contribution in [0.3, 0.4) is 0 Å². The fourth-order valence-corrected chi connectivity index (χ4v) is 2.34. The van der Waals surface area contributed by atoms with Gasteiger partial charge < -0.3 is 10.0 Å². The molecule has 0 unspecified atom stereocenters. The Morgan fingerprint density at radius 2 is 2.23 bits per heavy atom. The minimum Gasteiger partial charge on any atom is -0.385 e. The summed E-state index contributed by atoms with van der Waals surface area (Å²) in [6.45, 7) is 1.93. The van der Waals surface area contributed by atoms with E-state index < -0.39 is 5.60 Å². The molecule has 1 aromatic heterocycles. The first kappa shape index (κ1) is 9.12. The highest BCUT2D eigenvalue weighted by molar-refractivity contribution is 7.03. The summed E-state index contributed by atoms with van der Waals surface area (Å²) in [5, 5.41) is 12.2. The van der Waals surface area contributed by atoms with Crippen LogP contribution in [0, 0.1) is 0 Å². The third kappa shape index (κ3) is 1.75. The number of hydrogen-bond acceptors (Lipinski definition) is 4. The normalized spacial score (nSPS) is 23.2. The van der Waals surface area contributed by atoms with Crippen molar-refractivity contribution in [1.82, 2.24) is 9.27 Å². The van der Waals surface area contributed by atoms with E-state index in [0.29, 0.717) is 0 Å². The van der Waals surface area contributed by atoms with Crippen LogP contribution in [0.5, 0.6) is 0 Å². The van der Waals surface area contributed by atoms with Gasteiger partial charge in [0.2, 0.25) is 0 Å². The van der Waals surface area contributed by atoms with Gasteiger partial charge in [0.15, 0.2) is 0 Å². The largest absolute Gasteiger partial charge is 0.385 e. The van der Waals surface area contributed by atoms with Crippen molar-refractivity contribution in [2.24, 2.45) is 0 Å². The fraction of sp³-hybridized carbons (Fsp3) is 0.667. The zero-order valence-electron chi connectivity index (χ0n) is 7.73. The molecule has 1 aliphatic heterocycles. The Hall–Kier alpha value is -0.450. The molecule has 1 N–H and O–H groups in total. The molecule has 0 radical (unpaired) electrons. The first-order chi connectivity index (χ1) is 6.21. The summed E-state index contributed by atoms with van der Waals surface area (Å²) < 4.78 is 4.03. The van der Waals surface area contributed by atoms with Crippen LogP contribution in [0.25, 0.3) is 0 Å². The number of likely N-dealkylation sites (tertiary alicyclic amines) is 1. The third-order valence-electron chi connectivity index (χ3n) is 2.78. The molecular formula is C9H14N2OS. The SMILES string of the molecule is CN1CCC(O)(c2cnsc2)CC1. The molecule has 0 saturated carbocycles. The van der Waals surface area contributed by atoms with Crippen molar-refractivity contribution >= 4 is 11.5 Å². The minimum absolute atomic E-state index is 0.612.